The maximum absolute atomic E-state index is 5.08. The number of hydrogen-bond donors (Lipinski definition) is 1. The lowest BCUT2D eigenvalue weighted by molar-refractivity contribution is 0.190. The van der Waals surface area contributed by atoms with Crippen molar-refractivity contribution in [3.8, 4) is 0 Å². The molecule has 90 valence electrons. The second-order valence-corrected chi connectivity index (χ2v) is 4.07. The molecule has 1 atom stereocenters. The van der Waals surface area contributed by atoms with Crippen LogP contribution < -0.4 is 10.2 Å². The second kappa shape index (κ2) is 5.65. The molecule has 1 heterocycles. The molecule has 0 amide bonds. The van der Waals surface area contributed by atoms with E-state index in [1.165, 1.54) is 0 Å². The van der Waals surface area contributed by atoms with Crippen molar-refractivity contribution in [2.45, 2.75) is 19.9 Å². The van der Waals surface area contributed by atoms with E-state index in [-0.39, 0.29) is 6.04 Å². The van der Waals surface area contributed by atoms with Gasteiger partial charge in [-0.2, -0.15) is 0 Å². The quantitative estimate of drug-likeness (QED) is 0.817. The van der Waals surface area contributed by atoms with Crippen LogP contribution in [0.25, 0.3) is 0 Å². The maximum Gasteiger partial charge on any atom is 0.136 e. The van der Waals surface area contributed by atoms with Gasteiger partial charge in [0.1, 0.15) is 18.0 Å². The van der Waals surface area contributed by atoms with Crippen LogP contribution in [0.4, 0.5) is 11.6 Å². The number of hydrogen-bond acceptors (Lipinski definition) is 5. The van der Waals surface area contributed by atoms with Crippen molar-refractivity contribution in [3.63, 3.8) is 0 Å². The molecule has 5 nitrogen and oxygen atoms in total. The summed E-state index contributed by atoms with van der Waals surface area (Å²) in [6.45, 7) is 4.72. The minimum atomic E-state index is 0.230. The van der Waals surface area contributed by atoms with E-state index in [1.807, 2.05) is 25.9 Å². The van der Waals surface area contributed by atoms with E-state index in [9.17, 15) is 0 Å². The fourth-order valence-corrected chi connectivity index (χ4v) is 1.56. The predicted octanol–water partition coefficient (Wildman–Crippen LogP) is 1.30. The van der Waals surface area contributed by atoms with Gasteiger partial charge in [0, 0.05) is 32.8 Å². The fraction of sp³-hybridized carbons (Fsp3) is 0.636. The third-order valence-corrected chi connectivity index (χ3v) is 2.28. The number of rotatable bonds is 5. The smallest absolute Gasteiger partial charge is 0.136 e. The number of nitrogens with zero attached hydrogens (tertiary/aromatic N) is 3. The van der Waals surface area contributed by atoms with E-state index in [0.29, 0.717) is 6.61 Å². The summed E-state index contributed by atoms with van der Waals surface area (Å²) in [4.78, 5) is 10.4. The highest BCUT2D eigenvalue weighted by molar-refractivity contribution is 5.57. The molecule has 0 fully saturated rings. The Kier molecular flexibility index (Phi) is 4.49. The van der Waals surface area contributed by atoms with Gasteiger partial charge in [0.05, 0.1) is 6.61 Å². The molecule has 1 aromatic rings. The van der Waals surface area contributed by atoms with E-state index in [0.717, 1.165) is 17.2 Å². The van der Waals surface area contributed by atoms with Crippen LogP contribution in [-0.2, 0) is 4.74 Å². The van der Waals surface area contributed by atoms with E-state index in [4.69, 9.17) is 4.74 Å². The van der Waals surface area contributed by atoms with Crippen molar-refractivity contribution < 1.29 is 4.74 Å². The van der Waals surface area contributed by atoms with E-state index in [2.05, 4.69) is 22.2 Å². The molecular weight excluding hydrogens is 204 g/mol. The maximum atomic E-state index is 5.08. The zero-order chi connectivity index (χ0) is 12.1. The first-order chi connectivity index (χ1) is 7.56. The minimum absolute atomic E-state index is 0.230. The molecule has 1 N–H and O–H groups in total. The predicted molar refractivity (Wildman–Crippen MR) is 66.1 cm³/mol. The van der Waals surface area contributed by atoms with Crippen LogP contribution in [0.2, 0.25) is 0 Å². The van der Waals surface area contributed by atoms with Gasteiger partial charge < -0.3 is 15.0 Å². The van der Waals surface area contributed by atoms with Crippen LogP contribution in [0.3, 0.4) is 0 Å². The number of ether oxygens (including phenoxy) is 1. The molecule has 0 bridgehead atoms. The molecule has 0 radical (unpaired) electrons. The first-order valence-corrected chi connectivity index (χ1v) is 5.30. The lowest BCUT2D eigenvalue weighted by Crippen LogP contribution is -2.23. The molecule has 1 aromatic heterocycles. The van der Waals surface area contributed by atoms with Gasteiger partial charge in [0.2, 0.25) is 0 Å². The van der Waals surface area contributed by atoms with Crippen LogP contribution in [-0.4, -0.2) is 43.8 Å². The van der Waals surface area contributed by atoms with Gasteiger partial charge in [0.15, 0.2) is 0 Å². The standard InChI is InChI=1S/C11H20N4O/c1-8(6-16-5)14-10-9(2)11(15(3)4)13-7-12-10/h7-8H,6H2,1-5H3,(H,12,13,14). The summed E-state index contributed by atoms with van der Waals surface area (Å²) in [6, 6.07) is 0.230. The molecule has 16 heavy (non-hydrogen) atoms. The van der Waals surface area contributed by atoms with Gasteiger partial charge in [0.25, 0.3) is 0 Å². The van der Waals surface area contributed by atoms with Crippen molar-refractivity contribution in [1.29, 1.82) is 0 Å². The highest BCUT2D eigenvalue weighted by Gasteiger charge is 2.10. The molecule has 1 rings (SSSR count). The summed E-state index contributed by atoms with van der Waals surface area (Å²) in [5.41, 5.74) is 1.05. The molecule has 0 saturated carbocycles. The van der Waals surface area contributed by atoms with Crippen LogP contribution in [0.5, 0.6) is 0 Å². The summed E-state index contributed by atoms with van der Waals surface area (Å²) in [7, 11) is 5.63. The Morgan fingerprint density at radius 3 is 2.69 bits per heavy atom. The van der Waals surface area contributed by atoms with Crippen LogP contribution in [0, 0.1) is 6.92 Å². The lowest BCUT2D eigenvalue weighted by atomic mass is 10.2. The molecule has 0 spiro atoms. The topological polar surface area (TPSA) is 50.3 Å². The monoisotopic (exact) mass is 224 g/mol. The summed E-state index contributed by atoms with van der Waals surface area (Å²) >= 11 is 0. The van der Waals surface area contributed by atoms with Gasteiger partial charge in [-0.05, 0) is 13.8 Å². The Balaban J connectivity index is 2.84. The largest absolute Gasteiger partial charge is 0.383 e. The Hall–Kier alpha value is -1.36. The summed E-state index contributed by atoms with van der Waals surface area (Å²) in [5, 5.41) is 3.30. The first-order valence-electron chi connectivity index (χ1n) is 5.30. The van der Waals surface area contributed by atoms with Gasteiger partial charge >= 0.3 is 0 Å². The van der Waals surface area contributed by atoms with Crippen molar-refractivity contribution >= 4 is 11.6 Å². The van der Waals surface area contributed by atoms with Crippen LogP contribution >= 0.6 is 0 Å². The van der Waals surface area contributed by atoms with Gasteiger partial charge in [-0.25, -0.2) is 9.97 Å². The number of aromatic nitrogens is 2. The molecule has 0 aliphatic rings. The zero-order valence-electron chi connectivity index (χ0n) is 10.6. The van der Waals surface area contributed by atoms with E-state index < -0.39 is 0 Å². The Morgan fingerprint density at radius 2 is 2.12 bits per heavy atom. The zero-order valence-corrected chi connectivity index (χ0v) is 10.6. The lowest BCUT2D eigenvalue weighted by Gasteiger charge is -2.19. The van der Waals surface area contributed by atoms with Gasteiger partial charge in [-0.15, -0.1) is 0 Å². The molecule has 0 aliphatic heterocycles. The van der Waals surface area contributed by atoms with E-state index >= 15 is 0 Å². The number of methoxy groups -OCH3 is 1. The second-order valence-electron chi connectivity index (χ2n) is 4.07. The molecule has 1 unspecified atom stereocenters. The molecule has 0 aliphatic carbocycles. The third kappa shape index (κ3) is 3.06. The van der Waals surface area contributed by atoms with Crippen molar-refractivity contribution in [2.75, 3.05) is 38.0 Å². The van der Waals surface area contributed by atoms with Crippen molar-refractivity contribution in [3.05, 3.63) is 11.9 Å². The number of anilines is 2. The number of nitrogens with one attached hydrogen (secondary N) is 1. The van der Waals surface area contributed by atoms with Crippen molar-refractivity contribution in [2.24, 2.45) is 0 Å². The minimum Gasteiger partial charge on any atom is -0.383 e. The highest BCUT2D eigenvalue weighted by atomic mass is 16.5. The molecular formula is C11H20N4O. The van der Waals surface area contributed by atoms with Crippen LogP contribution in [0.15, 0.2) is 6.33 Å². The Bertz CT molecular complexity index is 341. The normalized spacial score (nSPS) is 12.3. The average Bonchev–Trinajstić information content (AvgIpc) is 2.21. The highest BCUT2D eigenvalue weighted by Crippen LogP contribution is 2.20. The Morgan fingerprint density at radius 1 is 1.44 bits per heavy atom. The molecule has 5 heteroatoms. The van der Waals surface area contributed by atoms with Gasteiger partial charge in [-0.3, -0.25) is 0 Å². The SMILES string of the molecule is COCC(C)Nc1ncnc(N(C)C)c1C. The third-order valence-electron chi connectivity index (χ3n) is 2.28. The fourth-order valence-electron chi connectivity index (χ4n) is 1.56. The average molecular weight is 224 g/mol. The summed E-state index contributed by atoms with van der Waals surface area (Å²) < 4.78 is 5.08. The summed E-state index contributed by atoms with van der Waals surface area (Å²) in [6.07, 6.45) is 1.57. The molecule has 0 saturated heterocycles. The summed E-state index contributed by atoms with van der Waals surface area (Å²) in [5.74, 6) is 1.80. The van der Waals surface area contributed by atoms with Gasteiger partial charge in [-0.1, -0.05) is 0 Å². The first kappa shape index (κ1) is 12.7. The molecule has 0 aromatic carbocycles. The van der Waals surface area contributed by atoms with E-state index in [1.54, 1.807) is 13.4 Å². The van der Waals surface area contributed by atoms with Crippen molar-refractivity contribution in [1.82, 2.24) is 9.97 Å². The Labute approximate surface area is 96.8 Å². The van der Waals surface area contributed by atoms with Crippen LogP contribution in [0.1, 0.15) is 12.5 Å².